The summed E-state index contributed by atoms with van der Waals surface area (Å²) >= 11 is 0. The Bertz CT molecular complexity index is 604. The maximum atomic E-state index is 12.3. The molecule has 1 heterocycles. The van der Waals surface area contributed by atoms with Crippen molar-refractivity contribution in [3.63, 3.8) is 0 Å². The molecular weight excluding hydrogens is 322 g/mol. The molecular formula is C18H25N3O4. The molecule has 1 aliphatic rings. The highest BCUT2D eigenvalue weighted by molar-refractivity contribution is 6.03. The van der Waals surface area contributed by atoms with Crippen LogP contribution in [-0.2, 0) is 20.8 Å². The maximum absolute atomic E-state index is 12.3. The van der Waals surface area contributed by atoms with Gasteiger partial charge in [0.05, 0.1) is 18.9 Å². The van der Waals surface area contributed by atoms with Gasteiger partial charge in [0.2, 0.25) is 0 Å². The summed E-state index contributed by atoms with van der Waals surface area (Å²) in [6.45, 7) is 6.10. The van der Waals surface area contributed by atoms with Gasteiger partial charge in [-0.1, -0.05) is 30.3 Å². The van der Waals surface area contributed by atoms with Crippen molar-refractivity contribution in [2.75, 3.05) is 26.3 Å². The Labute approximate surface area is 148 Å². The van der Waals surface area contributed by atoms with Crippen LogP contribution in [0.25, 0.3) is 0 Å². The van der Waals surface area contributed by atoms with Crippen molar-refractivity contribution in [2.45, 2.75) is 26.8 Å². The van der Waals surface area contributed by atoms with E-state index in [4.69, 9.17) is 9.47 Å². The molecule has 1 aliphatic heterocycles. The first-order valence-electron chi connectivity index (χ1n) is 8.56. The minimum atomic E-state index is -0.621. The van der Waals surface area contributed by atoms with Crippen LogP contribution in [0.1, 0.15) is 25.8 Å². The van der Waals surface area contributed by atoms with Crippen LogP contribution in [0.2, 0.25) is 0 Å². The third kappa shape index (κ3) is 5.86. The highest BCUT2D eigenvalue weighted by Crippen LogP contribution is 2.18. The fraction of sp³-hybridized carbons (Fsp3) is 0.500. The van der Waals surface area contributed by atoms with Crippen molar-refractivity contribution < 1.29 is 19.1 Å². The second-order valence-corrected chi connectivity index (χ2v) is 5.71. The zero-order valence-corrected chi connectivity index (χ0v) is 14.7. The average molecular weight is 347 g/mol. The quantitative estimate of drug-likeness (QED) is 0.630. The number of hydrogen-bond donors (Lipinski definition) is 1. The number of rotatable bonds is 6. The van der Waals surface area contributed by atoms with Crippen LogP contribution in [-0.4, -0.2) is 49.0 Å². The van der Waals surface area contributed by atoms with Crippen molar-refractivity contribution >= 4 is 17.8 Å². The number of carbonyl (C=O) groups excluding carboxylic acids is 2. The smallest absolute Gasteiger partial charge is 0.427 e. The summed E-state index contributed by atoms with van der Waals surface area (Å²) in [5.41, 5.74) is 4.16. The van der Waals surface area contributed by atoms with Crippen molar-refractivity contribution in [1.29, 1.82) is 0 Å². The van der Waals surface area contributed by atoms with Crippen LogP contribution in [0, 0.1) is 5.92 Å². The summed E-state index contributed by atoms with van der Waals surface area (Å²) in [6.07, 6.45) is -0.0350. The largest absolute Gasteiger partial charge is 0.465 e. The molecule has 0 bridgehead atoms. The van der Waals surface area contributed by atoms with Gasteiger partial charge in [-0.3, -0.25) is 9.69 Å². The average Bonchev–Trinajstić information content (AvgIpc) is 2.62. The van der Waals surface area contributed by atoms with E-state index >= 15 is 0 Å². The summed E-state index contributed by atoms with van der Waals surface area (Å²) in [6, 6.07) is 10.1. The molecule has 1 amide bonds. The molecule has 0 saturated carbocycles. The number of nitrogens with zero attached hydrogens (tertiary/aromatic N) is 2. The molecule has 136 valence electrons. The number of benzene rings is 1. The topological polar surface area (TPSA) is 80.2 Å². The number of likely N-dealkylation sites (tertiary alicyclic amines) is 1. The molecule has 7 heteroatoms. The molecule has 1 atom stereocenters. The van der Waals surface area contributed by atoms with Crippen LogP contribution >= 0.6 is 0 Å². The molecule has 0 aliphatic carbocycles. The Kier molecular flexibility index (Phi) is 7.40. The lowest BCUT2D eigenvalue weighted by Crippen LogP contribution is -2.45. The van der Waals surface area contributed by atoms with Crippen LogP contribution in [0.15, 0.2) is 35.4 Å². The molecule has 0 aromatic heterocycles. The standard InChI is InChI=1S/C18H25N3O4/c1-3-24-17(22)15-13-21(12-14-8-6-5-7-9-14)11-10-16(15)19-20-18(23)25-4-2/h5-9,15H,3-4,10-13H2,1-2H3,(H,20,23). The van der Waals surface area contributed by atoms with E-state index in [0.29, 0.717) is 25.3 Å². The molecule has 0 spiro atoms. The van der Waals surface area contributed by atoms with Crippen molar-refractivity contribution in [2.24, 2.45) is 11.0 Å². The predicted molar refractivity (Wildman–Crippen MR) is 94.1 cm³/mol. The number of hydrogen-bond acceptors (Lipinski definition) is 6. The summed E-state index contributed by atoms with van der Waals surface area (Å²) in [4.78, 5) is 25.9. The van der Waals surface area contributed by atoms with Gasteiger partial charge in [-0.25, -0.2) is 10.2 Å². The van der Waals surface area contributed by atoms with Gasteiger partial charge in [0.15, 0.2) is 0 Å². The highest BCUT2D eigenvalue weighted by atomic mass is 16.6. The Hall–Kier alpha value is -2.41. The zero-order valence-electron chi connectivity index (χ0n) is 14.7. The van der Waals surface area contributed by atoms with E-state index in [2.05, 4.69) is 27.6 Å². The first-order chi connectivity index (χ1) is 12.1. The van der Waals surface area contributed by atoms with E-state index in [-0.39, 0.29) is 12.6 Å². The van der Waals surface area contributed by atoms with Crippen molar-refractivity contribution in [1.82, 2.24) is 10.3 Å². The van der Waals surface area contributed by atoms with Gasteiger partial charge >= 0.3 is 12.1 Å². The van der Waals surface area contributed by atoms with Gasteiger partial charge in [0, 0.05) is 26.1 Å². The maximum Gasteiger partial charge on any atom is 0.427 e. The Balaban J connectivity index is 2.04. The van der Waals surface area contributed by atoms with E-state index < -0.39 is 12.0 Å². The van der Waals surface area contributed by atoms with E-state index in [9.17, 15) is 9.59 Å². The predicted octanol–water partition coefficient (Wildman–Crippen LogP) is 2.17. The Morgan fingerprint density at radius 3 is 2.60 bits per heavy atom. The molecule has 1 unspecified atom stereocenters. The minimum Gasteiger partial charge on any atom is -0.465 e. The summed E-state index contributed by atoms with van der Waals surface area (Å²) < 4.78 is 9.97. The van der Waals surface area contributed by atoms with E-state index in [1.54, 1.807) is 13.8 Å². The highest BCUT2D eigenvalue weighted by Gasteiger charge is 2.32. The van der Waals surface area contributed by atoms with Gasteiger partial charge < -0.3 is 9.47 Å². The van der Waals surface area contributed by atoms with Crippen LogP contribution in [0.3, 0.4) is 0 Å². The number of ether oxygens (including phenoxy) is 2. The number of carbonyl (C=O) groups is 2. The molecule has 7 nitrogen and oxygen atoms in total. The first-order valence-corrected chi connectivity index (χ1v) is 8.56. The van der Waals surface area contributed by atoms with Gasteiger partial charge in [-0.05, 0) is 19.4 Å². The minimum absolute atomic E-state index is 0.267. The fourth-order valence-corrected chi connectivity index (χ4v) is 2.76. The number of hydrazone groups is 1. The molecule has 1 N–H and O–H groups in total. The third-order valence-electron chi connectivity index (χ3n) is 3.91. The van der Waals surface area contributed by atoms with E-state index in [1.807, 2.05) is 18.2 Å². The second-order valence-electron chi connectivity index (χ2n) is 5.71. The van der Waals surface area contributed by atoms with E-state index in [1.165, 1.54) is 5.56 Å². The molecule has 1 saturated heterocycles. The van der Waals surface area contributed by atoms with Gasteiger partial charge in [-0.15, -0.1) is 0 Å². The number of piperidine rings is 1. The molecule has 2 rings (SSSR count). The summed E-state index contributed by atoms with van der Waals surface area (Å²) in [7, 11) is 0. The number of esters is 1. The number of nitrogens with one attached hydrogen (secondary N) is 1. The van der Waals surface area contributed by atoms with Crippen molar-refractivity contribution in [3.8, 4) is 0 Å². The van der Waals surface area contributed by atoms with Gasteiger partial charge in [0.1, 0.15) is 5.92 Å². The number of amides is 1. The molecule has 25 heavy (non-hydrogen) atoms. The van der Waals surface area contributed by atoms with Gasteiger partial charge in [-0.2, -0.15) is 5.10 Å². The lowest BCUT2D eigenvalue weighted by molar-refractivity contribution is -0.146. The lowest BCUT2D eigenvalue weighted by Gasteiger charge is -2.32. The van der Waals surface area contributed by atoms with Crippen LogP contribution in [0.5, 0.6) is 0 Å². The van der Waals surface area contributed by atoms with Crippen LogP contribution < -0.4 is 5.43 Å². The third-order valence-corrected chi connectivity index (χ3v) is 3.91. The zero-order chi connectivity index (χ0) is 18.1. The SMILES string of the molecule is CCOC(=O)NN=C1CCN(Cc2ccccc2)CC1C(=O)OCC. The van der Waals surface area contributed by atoms with Gasteiger partial charge in [0.25, 0.3) is 0 Å². The molecule has 1 aromatic rings. The van der Waals surface area contributed by atoms with Crippen LogP contribution in [0.4, 0.5) is 4.79 Å². The summed E-state index contributed by atoms with van der Waals surface area (Å²) in [5, 5.41) is 4.09. The van der Waals surface area contributed by atoms with E-state index in [0.717, 1.165) is 13.1 Å². The monoisotopic (exact) mass is 347 g/mol. The Morgan fingerprint density at radius 2 is 1.92 bits per heavy atom. The normalized spacial score (nSPS) is 19.4. The second kappa shape index (κ2) is 9.78. The Morgan fingerprint density at radius 1 is 1.20 bits per heavy atom. The summed E-state index contributed by atoms with van der Waals surface area (Å²) in [5.74, 6) is -0.802. The molecule has 0 radical (unpaired) electrons. The lowest BCUT2D eigenvalue weighted by atomic mass is 9.95. The molecule has 1 aromatic carbocycles. The van der Waals surface area contributed by atoms with Crippen molar-refractivity contribution in [3.05, 3.63) is 35.9 Å². The fourth-order valence-electron chi connectivity index (χ4n) is 2.76. The first kappa shape index (κ1) is 18.9. The molecule has 1 fully saturated rings.